The van der Waals surface area contributed by atoms with E-state index in [9.17, 15) is 13.6 Å². The third-order valence-corrected chi connectivity index (χ3v) is 5.53. The van der Waals surface area contributed by atoms with E-state index in [0.717, 1.165) is 0 Å². The summed E-state index contributed by atoms with van der Waals surface area (Å²) in [6, 6.07) is 2.66. The lowest BCUT2D eigenvalue weighted by atomic mass is 9.85. The standard InChI is InChI=1S/C17H21BF2N4O3/c1-15(2)16(3,4)27-18(26-15)12-7-13-21-6-5-11(24(13)23-12)14(25)22-10-8-17(19,20)9-10/h5-7,10H,8-9H2,1-4H3,(H,22,25). The number of aromatic nitrogens is 3. The number of hydrogen-bond acceptors (Lipinski definition) is 5. The molecule has 1 aliphatic heterocycles. The van der Waals surface area contributed by atoms with E-state index >= 15 is 0 Å². The number of nitrogens with zero attached hydrogens (tertiary/aromatic N) is 3. The molecule has 0 unspecified atom stereocenters. The van der Waals surface area contributed by atoms with Gasteiger partial charge in [-0.05, 0) is 33.8 Å². The zero-order chi connectivity index (χ0) is 19.6. The molecule has 0 aromatic carbocycles. The highest BCUT2D eigenvalue weighted by atomic mass is 19.3. The summed E-state index contributed by atoms with van der Waals surface area (Å²) in [6.45, 7) is 7.76. The Morgan fingerprint density at radius 2 is 1.89 bits per heavy atom. The van der Waals surface area contributed by atoms with Crippen LogP contribution in [0.5, 0.6) is 0 Å². The Kier molecular flexibility index (Phi) is 3.87. The number of carbonyl (C=O) groups is 1. The van der Waals surface area contributed by atoms with Crippen molar-refractivity contribution in [3.8, 4) is 0 Å². The third kappa shape index (κ3) is 3.10. The Morgan fingerprint density at radius 1 is 1.26 bits per heavy atom. The number of fused-ring (bicyclic) bond motifs is 1. The molecule has 2 aromatic heterocycles. The first-order valence-electron chi connectivity index (χ1n) is 8.86. The van der Waals surface area contributed by atoms with Crippen LogP contribution in [0.4, 0.5) is 8.78 Å². The molecule has 1 N–H and O–H groups in total. The van der Waals surface area contributed by atoms with E-state index < -0.39 is 36.2 Å². The largest absolute Gasteiger partial charge is 0.516 e. The predicted octanol–water partition coefficient (Wildman–Crippen LogP) is 1.56. The van der Waals surface area contributed by atoms with Gasteiger partial charge in [0.25, 0.3) is 11.8 Å². The van der Waals surface area contributed by atoms with Gasteiger partial charge < -0.3 is 14.6 Å². The lowest BCUT2D eigenvalue weighted by Gasteiger charge is -2.35. The summed E-state index contributed by atoms with van der Waals surface area (Å²) in [5.41, 5.74) is 0.133. The van der Waals surface area contributed by atoms with Crippen molar-refractivity contribution < 1.29 is 22.9 Å². The van der Waals surface area contributed by atoms with Gasteiger partial charge in [0.1, 0.15) is 5.69 Å². The lowest BCUT2D eigenvalue weighted by Crippen LogP contribution is -2.50. The Morgan fingerprint density at radius 3 is 2.48 bits per heavy atom. The molecule has 7 nitrogen and oxygen atoms in total. The molecule has 4 rings (SSSR count). The van der Waals surface area contributed by atoms with Gasteiger partial charge in [0.2, 0.25) is 0 Å². The summed E-state index contributed by atoms with van der Waals surface area (Å²) >= 11 is 0. The number of amides is 1. The fraction of sp³-hybridized carbons (Fsp3) is 0.588. The van der Waals surface area contributed by atoms with Crippen molar-refractivity contribution in [3.05, 3.63) is 24.0 Å². The van der Waals surface area contributed by atoms with E-state index in [4.69, 9.17) is 9.31 Å². The van der Waals surface area contributed by atoms with Crippen LogP contribution in [0, 0.1) is 0 Å². The van der Waals surface area contributed by atoms with Gasteiger partial charge in [-0.2, -0.15) is 5.10 Å². The van der Waals surface area contributed by atoms with Gasteiger partial charge in [0, 0.05) is 31.1 Å². The van der Waals surface area contributed by atoms with E-state index in [-0.39, 0.29) is 18.5 Å². The topological polar surface area (TPSA) is 77.8 Å². The van der Waals surface area contributed by atoms with Crippen LogP contribution in [0.1, 0.15) is 51.0 Å². The van der Waals surface area contributed by atoms with Crippen LogP contribution in [0.3, 0.4) is 0 Å². The minimum absolute atomic E-state index is 0.220. The normalized spacial score (nSPS) is 23.4. The number of alkyl halides is 2. The SMILES string of the molecule is CC1(C)OB(c2cc3nccc(C(=O)NC4CC(F)(F)C4)n3n2)OC1(C)C. The van der Waals surface area contributed by atoms with Crippen molar-refractivity contribution in [2.24, 2.45) is 0 Å². The second kappa shape index (κ2) is 5.72. The van der Waals surface area contributed by atoms with Crippen LogP contribution in [0.25, 0.3) is 5.65 Å². The number of nitrogens with one attached hydrogen (secondary N) is 1. The van der Waals surface area contributed by atoms with Crippen molar-refractivity contribution in [3.63, 3.8) is 0 Å². The summed E-state index contributed by atoms with van der Waals surface area (Å²) in [7, 11) is -0.682. The minimum Gasteiger partial charge on any atom is -0.398 e. The van der Waals surface area contributed by atoms with E-state index in [1.165, 1.54) is 16.8 Å². The van der Waals surface area contributed by atoms with Crippen molar-refractivity contribution in [1.82, 2.24) is 19.9 Å². The highest BCUT2D eigenvalue weighted by Gasteiger charge is 2.53. The van der Waals surface area contributed by atoms with Gasteiger partial charge in [0.15, 0.2) is 5.65 Å². The highest BCUT2D eigenvalue weighted by molar-refractivity contribution is 6.61. The average molecular weight is 378 g/mol. The molecule has 1 aliphatic carbocycles. The molecule has 1 amide bonds. The predicted molar refractivity (Wildman–Crippen MR) is 94.1 cm³/mol. The molecule has 0 bridgehead atoms. The van der Waals surface area contributed by atoms with Gasteiger partial charge in [-0.3, -0.25) is 4.79 Å². The van der Waals surface area contributed by atoms with E-state index in [1.54, 1.807) is 6.07 Å². The summed E-state index contributed by atoms with van der Waals surface area (Å²) in [5, 5.41) is 7.04. The first-order valence-corrected chi connectivity index (χ1v) is 8.86. The molecule has 144 valence electrons. The Balaban J connectivity index is 1.59. The van der Waals surface area contributed by atoms with Crippen LogP contribution in [0.2, 0.25) is 0 Å². The molecule has 0 radical (unpaired) electrons. The Labute approximate surface area is 155 Å². The van der Waals surface area contributed by atoms with Crippen LogP contribution in [-0.4, -0.2) is 50.8 Å². The van der Waals surface area contributed by atoms with Crippen LogP contribution < -0.4 is 10.9 Å². The zero-order valence-corrected chi connectivity index (χ0v) is 15.6. The molecule has 3 heterocycles. The number of halogens is 2. The van der Waals surface area contributed by atoms with Crippen LogP contribution in [0.15, 0.2) is 18.3 Å². The monoisotopic (exact) mass is 378 g/mol. The molecule has 10 heteroatoms. The first kappa shape index (κ1) is 18.3. The summed E-state index contributed by atoms with van der Waals surface area (Å²) in [6.07, 6.45) is 0.797. The first-order chi connectivity index (χ1) is 12.5. The summed E-state index contributed by atoms with van der Waals surface area (Å²) in [5.74, 6) is -3.16. The number of rotatable bonds is 3. The molecule has 1 saturated heterocycles. The molecule has 0 atom stereocenters. The summed E-state index contributed by atoms with van der Waals surface area (Å²) in [4.78, 5) is 16.7. The maximum absolute atomic E-state index is 13.0. The Hall–Kier alpha value is -2.07. The molecule has 0 spiro atoms. The lowest BCUT2D eigenvalue weighted by molar-refractivity contribution is -0.0901. The van der Waals surface area contributed by atoms with Crippen LogP contribution in [-0.2, 0) is 9.31 Å². The highest BCUT2D eigenvalue weighted by Crippen LogP contribution is 2.38. The quantitative estimate of drug-likeness (QED) is 0.821. The molecule has 2 aliphatic rings. The molecular formula is C17H21BF2N4O3. The third-order valence-electron chi connectivity index (χ3n) is 5.53. The molecule has 1 saturated carbocycles. The molecule has 2 aromatic rings. The zero-order valence-electron chi connectivity index (χ0n) is 15.6. The van der Waals surface area contributed by atoms with E-state index in [2.05, 4.69) is 15.4 Å². The average Bonchev–Trinajstić information content (AvgIpc) is 3.03. The fourth-order valence-electron chi connectivity index (χ4n) is 3.19. The maximum Gasteiger partial charge on any atom is 0.516 e. The fourth-order valence-corrected chi connectivity index (χ4v) is 3.19. The van der Waals surface area contributed by atoms with E-state index in [0.29, 0.717) is 11.2 Å². The van der Waals surface area contributed by atoms with Gasteiger partial charge in [-0.15, -0.1) is 0 Å². The van der Waals surface area contributed by atoms with E-state index in [1.807, 2.05) is 27.7 Å². The second-order valence-corrected chi connectivity index (χ2v) is 8.19. The van der Waals surface area contributed by atoms with Crippen LogP contribution >= 0.6 is 0 Å². The molecule has 27 heavy (non-hydrogen) atoms. The minimum atomic E-state index is -2.69. The second-order valence-electron chi connectivity index (χ2n) is 8.19. The summed E-state index contributed by atoms with van der Waals surface area (Å²) < 4.78 is 39.3. The number of hydrogen-bond donors (Lipinski definition) is 1. The Bertz CT molecular complexity index is 891. The van der Waals surface area contributed by atoms with Gasteiger partial charge in [-0.1, -0.05) is 0 Å². The van der Waals surface area contributed by atoms with Gasteiger partial charge >= 0.3 is 7.12 Å². The van der Waals surface area contributed by atoms with Gasteiger partial charge in [0.05, 0.1) is 16.8 Å². The van der Waals surface area contributed by atoms with Gasteiger partial charge in [-0.25, -0.2) is 18.3 Å². The van der Waals surface area contributed by atoms with Crippen molar-refractivity contribution in [1.29, 1.82) is 0 Å². The van der Waals surface area contributed by atoms with Crippen molar-refractivity contribution in [2.75, 3.05) is 0 Å². The molecule has 2 fully saturated rings. The molecular weight excluding hydrogens is 357 g/mol. The van der Waals surface area contributed by atoms with Crippen molar-refractivity contribution in [2.45, 2.75) is 63.7 Å². The maximum atomic E-state index is 13.0. The van der Waals surface area contributed by atoms with Crippen molar-refractivity contribution >= 4 is 24.3 Å². The number of carbonyl (C=O) groups excluding carboxylic acids is 1. The smallest absolute Gasteiger partial charge is 0.398 e.